The zero-order chi connectivity index (χ0) is 12.8. The van der Waals surface area contributed by atoms with Gasteiger partial charge in [0, 0.05) is 11.9 Å². The van der Waals surface area contributed by atoms with E-state index in [-0.39, 0.29) is 17.6 Å². The topological polar surface area (TPSA) is 42.0 Å². The highest BCUT2D eigenvalue weighted by molar-refractivity contribution is 6.18. The minimum Gasteiger partial charge on any atom is -0.347 e. The first-order valence-electron chi connectivity index (χ1n) is 5.51. The summed E-state index contributed by atoms with van der Waals surface area (Å²) in [6.07, 6.45) is 1.82. The molecule has 17 heavy (non-hydrogen) atoms. The Balaban J connectivity index is 2.61. The van der Waals surface area contributed by atoms with Gasteiger partial charge in [0.1, 0.15) is 11.5 Å². The molecule has 1 unspecified atom stereocenters. The number of carbonyl (C=O) groups excluding carboxylic acids is 1. The molecular weight excluding hydrogens is 243 g/mol. The van der Waals surface area contributed by atoms with Crippen molar-refractivity contribution in [1.82, 2.24) is 10.3 Å². The van der Waals surface area contributed by atoms with E-state index in [9.17, 15) is 9.18 Å². The van der Waals surface area contributed by atoms with Crippen molar-refractivity contribution < 1.29 is 9.18 Å². The second-order valence-corrected chi connectivity index (χ2v) is 4.62. The van der Waals surface area contributed by atoms with Crippen molar-refractivity contribution in [2.24, 2.45) is 5.92 Å². The van der Waals surface area contributed by atoms with E-state index in [4.69, 9.17) is 11.6 Å². The third-order valence-electron chi connectivity index (χ3n) is 2.24. The van der Waals surface area contributed by atoms with Gasteiger partial charge in [-0.25, -0.2) is 9.37 Å². The van der Waals surface area contributed by atoms with Crippen LogP contribution in [0.1, 0.15) is 30.8 Å². The van der Waals surface area contributed by atoms with E-state index in [1.807, 2.05) is 0 Å². The van der Waals surface area contributed by atoms with Crippen LogP contribution in [0.15, 0.2) is 18.3 Å². The Bertz CT molecular complexity index is 367. The first-order valence-corrected chi connectivity index (χ1v) is 6.04. The monoisotopic (exact) mass is 258 g/mol. The molecule has 0 aromatic carbocycles. The van der Waals surface area contributed by atoms with Crippen LogP contribution in [0, 0.1) is 11.7 Å². The minimum atomic E-state index is -0.461. The van der Waals surface area contributed by atoms with Crippen LogP contribution in [0.3, 0.4) is 0 Å². The number of hydrogen-bond acceptors (Lipinski definition) is 2. The molecule has 1 amide bonds. The Hall–Kier alpha value is -1.16. The number of nitrogens with zero attached hydrogens (tertiary/aromatic N) is 1. The average molecular weight is 259 g/mol. The van der Waals surface area contributed by atoms with E-state index in [0.717, 1.165) is 12.6 Å². The summed E-state index contributed by atoms with van der Waals surface area (Å²) in [7, 11) is 0. The molecule has 1 N–H and O–H groups in total. The predicted molar refractivity (Wildman–Crippen MR) is 65.6 cm³/mol. The lowest BCUT2D eigenvalue weighted by Crippen LogP contribution is -2.37. The van der Waals surface area contributed by atoms with Gasteiger partial charge in [-0.1, -0.05) is 13.8 Å². The second kappa shape index (κ2) is 6.55. The molecule has 94 valence electrons. The van der Waals surface area contributed by atoms with Crippen molar-refractivity contribution >= 4 is 17.5 Å². The van der Waals surface area contributed by atoms with Crippen LogP contribution >= 0.6 is 11.6 Å². The van der Waals surface area contributed by atoms with Crippen molar-refractivity contribution in [1.29, 1.82) is 0 Å². The Morgan fingerprint density at radius 3 is 2.71 bits per heavy atom. The molecule has 0 aliphatic heterocycles. The summed E-state index contributed by atoms with van der Waals surface area (Å²) in [4.78, 5) is 15.5. The predicted octanol–water partition coefficient (Wildman–Crippen LogP) is 2.60. The molecule has 0 spiro atoms. The summed E-state index contributed by atoms with van der Waals surface area (Å²) in [5.74, 6) is 0.0135. The number of alkyl halides is 1. The van der Waals surface area contributed by atoms with Crippen molar-refractivity contribution in [3.05, 3.63) is 29.8 Å². The fourth-order valence-corrected chi connectivity index (χ4v) is 1.70. The van der Waals surface area contributed by atoms with Crippen LogP contribution in [0.2, 0.25) is 0 Å². The molecule has 0 aliphatic carbocycles. The van der Waals surface area contributed by atoms with Crippen LogP contribution in [-0.2, 0) is 0 Å². The lowest BCUT2D eigenvalue weighted by Gasteiger charge is -2.17. The SMILES string of the molecule is CC(C)CC(CCl)NC(=O)c1ccc(F)cn1. The largest absolute Gasteiger partial charge is 0.347 e. The smallest absolute Gasteiger partial charge is 0.270 e. The summed E-state index contributed by atoms with van der Waals surface area (Å²) in [6, 6.07) is 2.47. The summed E-state index contributed by atoms with van der Waals surface area (Å²) >= 11 is 5.77. The van der Waals surface area contributed by atoms with Gasteiger partial charge < -0.3 is 5.32 Å². The molecule has 0 bridgehead atoms. The number of amides is 1. The average Bonchev–Trinajstić information content (AvgIpc) is 2.28. The maximum Gasteiger partial charge on any atom is 0.270 e. The van der Waals surface area contributed by atoms with Gasteiger partial charge in [-0.05, 0) is 24.5 Å². The van der Waals surface area contributed by atoms with E-state index in [1.54, 1.807) is 0 Å². The summed E-state index contributed by atoms with van der Waals surface area (Å²) in [6.45, 7) is 4.11. The number of carbonyl (C=O) groups is 1. The van der Waals surface area contributed by atoms with Gasteiger partial charge in [-0.2, -0.15) is 0 Å². The lowest BCUT2D eigenvalue weighted by atomic mass is 10.1. The molecule has 1 atom stereocenters. The van der Waals surface area contributed by atoms with E-state index in [1.165, 1.54) is 12.1 Å². The fraction of sp³-hybridized carbons (Fsp3) is 0.500. The van der Waals surface area contributed by atoms with Crippen LogP contribution in [-0.4, -0.2) is 22.8 Å². The van der Waals surface area contributed by atoms with Gasteiger partial charge in [0.2, 0.25) is 0 Å². The van der Waals surface area contributed by atoms with Gasteiger partial charge in [-0.3, -0.25) is 4.79 Å². The number of nitrogens with one attached hydrogen (secondary N) is 1. The number of halogens is 2. The van der Waals surface area contributed by atoms with Crippen molar-refractivity contribution in [3.63, 3.8) is 0 Å². The van der Waals surface area contributed by atoms with E-state index in [2.05, 4.69) is 24.1 Å². The lowest BCUT2D eigenvalue weighted by molar-refractivity contribution is 0.0931. The molecule has 3 nitrogen and oxygen atoms in total. The molecule has 0 fully saturated rings. The standard InChI is InChI=1S/C12H16ClFN2O/c1-8(2)5-10(6-13)16-12(17)11-4-3-9(14)7-15-11/h3-4,7-8,10H,5-6H2,1-2H3,(H,16,17). The fourth-order valence-electron chi connectivity index (χ4n) is 1.50. The normalized spacial score (nSPS) is 12.5. The van der Waals surface area contributed by atoms with E-state index >= 15 is 0 Å². The first kappa shape index (κ1) is 13.9. The van der Waals surface area contributed by atoms with Crippen LogP contribution in [0.5, 0.6) is 0 Å². The van der Waals surface area contributed by atoms with Gasteiger partial charge in [0.05, 0.1) is 6.20 Å². The molecular formula is C12H16ClFN2O. The molecule has 1 aromatic heterocycles. The number of aromatic nitrogens is 1. The highest BCUT2D eigenvalue weighted by atomic mass is 35.5. The molecule has 0 saturated heterocycles. The van der Waals surface area contributed by atoms with Gasteiger partial charge in [-0.15, -0.1) is 11.6 Å². The molecule has 1 heterocycles. The Kier molecular flexibility index (Phi) is 5.35. The Morgan fingerprint density at radius 2 is 2.24 bits per heavy atom. The molecule has 1 aromatic rings. The maximum atomic E-state index is 12.6. The zero-order valence-electron chi connectivity index (χ0n) is 9.91. The molecule has 0 saturated carbocycles. The molecule has 1 rings (SSSR count). The Labute approximate surface area is 105 Å². The summed E-state index contributed by atoms with van der Waals surface area (Å²) in [5, 5.41) is 2.78. The first-order chi connectivity index (χ1) is 8.02. The second-order valence-electron chi connectivity index (χ2n) is 4.32. The third-order valence-corrected chi connectivity index (χ3v) is 2.61. The van der Waals surface area contributed by atoms with Crippen LogP contribution in [0.25, 0.3) is 0 Å². The van der Waals surface area contributed by atoms with Crippen LogP contribution in [0.4, 0.5) is 4.39 Å². The van der Waals surface area contributed by atoms with Gasteiger partial charge >= 0.3 is 0 Å². The Morgan fingerprint density at radius 1 is 1.53 bits per heavy atom. The number of rotatable bonds is 5. The van der Waals surface area contributed by atoms with Crippen LogP contribution < -0.4 is 5.32 Å². The van der Waals surface area contributed by atoms with Gasteiger partial charge in [0.15, 0.2) is 0 Å². The van der Waals surface area contributed by atoms with Crippen molar-refractivity contribution in [3.8, 4) is 0 Å². The van der Waals surface area contributed by atoms with Gasteiger partial charge in [0.25, 0.3) is 5.91 Å². The highest BCUT2D eigenvalue weighted by Gasteiger charge is 2.15. The minimum absolute atomic E-state index is 0.0870. The molecule has 0 aliphatic rings. The maximum absolute atomic E-state index is 12.6. The summed E-state index contributed by atoms with van der Waals surface area (Å²) in [5.41, 5.74) is 0.199. The number of pyridine rings is 1. The third kappa shape index (κ3) is 4.69. The zero-order valence-corrected chi connectivity index (χ0v) is 10.7. The van der Waals surface area contributed by atoms with E-state index < -0.39 is 5.82 Å². The van der Waals surface area contributed by atoms with Crippen molar-refractivity contribution in [2.75, 3.05) is 5.88 Å². The van der Waals surface area contributed by atoms with E-state index in [0.29, 0.717) is 11.8 Å². The molecule has 0 radical (unpaired) electrons. The number of hydrogen-bond donors (Lipinski definition) is 1. The summed E-state index contributed by atoms with van der Waals surface area (Å²) < 4.78 is 12.6. The quantitative estimate of drug-likeness (QED) is 0.825. The molecule has 5 heteroatoms. The van der Waals surface area contributed by atoms with Crippen molar-refractivity contribution in [2.45, 2.75) is 26.3 Å². The highest BCUT2D eigenvalue weighted by Crippen LogP contribution is 2.07.